The molecular formula is C18H17N5OS2. The minimum atomic E-state index is -0.100. The summed E-state index contributed by atoms with van der Waals surface area (Å²) in [6.45, 7) is 5.94. The highest BCUT2D eigenvalue weighted by Gasteiger charge is 2.17. The van der Waals surface area contributed by atoms with E-state index in [9.17, 15) is 4.79 Å². The first kappa shape index (κ1) is 17.0. The lowest BCUT2D eigenvalue weighted by Crippen LogP contribution is -2.10. The fourth-order valence-corrected chi connectivity index (χ4v) is 4.60. The molecule has 0 aliphatic heterocycles. The van der Waals surface area contributed by atoms with Gasteiger partial charge in [-0.25, -0.2) is 9.97 Å². The fraction of sp³-hybridized carbons (Fsp3) is 0.222. The number of rotatable bonds is 4. The summed E-state index contributed by atoms with van der Waals surface area (Å²) < 4.78 is 0. The van der Waals surface area contributed by atoms with Crippen LogP contribution in [0.3, 0.4) is 0 Å². The lowest BCUT2D eigenvalue weighted by atomic mass is 10.0. The second-order valence-electron chi connectivity index (χ2n) is 6.08. The Morgan fingerprint density at radius 1 is 1.12 bits per heavy atom. The van der Waals surface area contributed by atoms with Crippen LogP contribution in [0.25, 0.3) is 21.3 Å². The number of benzene rings is 1. The second-order valence-corrected chi connectivity index (χ2v) is 8.23. The molecule has 4 rings (SSSR count). The highest BCUT2D eigenvalue weighted by molar-refractivity contribution is 7.98. The molecule has 4 aromatic rings. The van der Waals surface area contributed by atoms with Crippen LogP contribution in [0.5, 0.6) is 0 Å². The predicted molar refractivity (Wildman–Crippen MR) is 106 cm³/mol. The van der Waals surface area contributed by atoms with E-state index in [4.69, 9.17) is 0 Å². The average molecular weight is 384 g/mol. The lowest BCUT2D eigenvalue weighted by Gasteiger charge is -2.03. The molecule has 0 bridgehead atoms. The SMILES string of the molecule is Cc1ccc(-c2c(C)sc3nc(CSc4n[nH]c(C)n4)[nH]c(=O)c23)cc1. The molecule has 132 valence electrons. The average Bonchev–Trinajstić information content (AvgIpc) is 3.16. The van der Waals surface area contributed by atoms with Gasteiger partial charge in [0.25, 0.3) is 5.56 Å². The normalized spacial score (nSPS) is 11.3. The van der Waals surface area contributed by atoms with Gasteiger partial charge in [-0.2, -0.15) is 0 Å². The third-order valence-corrected chi connectivity index (χ3v) is 5.90. The van der Waals surface area contributed by atoms with Crippen LogP contribution in [0, 0.1) is 20.8 Å². The van der Waals surface area contributed by atoms with E-state index in [-0.39, 0.29) is 5.56 Å². The number of thiophene rings is 1. The summed E-state index contributed by atoms with van der Waals surface area (Å²) in [5, 5.41) is 8.21. The van der Waals surface area contributed by atoms with Gasteiger partial charge < -0.3 is 4.98 Å². The summed E-state index contributed by atoms with van der Waals surface area (Å²) in [6, 6.07) is 8.23. The van der Waals surface area contributed by atoms with E-state index in [1.165, 1.54) is 17.3 Å². The van der Waals surface area contributed by atoms with Gasteiger partial charge in [0.05, 0.1) is 11.1 Å². The Morgan fingerprint density at radius 2 is 1.88 bits per heavy atom. The molecule has 3 heterocycles. The maximum atomic E-state index is 12.8. The number of thioether (sulfide) groups is 1. The highest BCUT2D eigenvalue weighted by atomic mass is 32.2. The molecule has 0 saturated carbocycles. The molecule has 8 heteroatoms. The molecule has 0 aliphatic carbocycles. The smallest absolute Gasteiger partial charge is 0.260 e. The summed E-state index contributed by atoms with van der Waals surface area (Å²) in [4.78, 5) is 26.4. The Morgan fingerprint density at radius 3 is 2.58 bits per heavy atom. The van der Waals surface area contributed by atoms with Gasteiger partial charge in [-0.15, -0.1) is 16.4 Å². The number of aromatic amines is 2. The molecule has 2 N–H and O–H groups in total. The third kappa shape index (κ3) is 3.17. The second kappa shape index (κ2) is 6.69. The molecule has 0 atom stereocenters. The van der Waals surface area contributed by atoms with Crippen molar-refractivity contribution in [1.29, 1.82) is 0 Å². The van der Waals surface area contributed by atoms with Gasteiger partial charge in [0.15, 0.2) is 0 Å². The summed E-state index contributed by atoms with van der Waals surface area (Å²) in [6.07, 6.45) is 0. The van der Waals surface area contributed by atoms with Crippen molar-refractivity contribution in [3.63, 3.8) is 0 Å². The molecule has 6 nitrogen and oxygen atoms in total. The maximum absolute atomic E-state index is 12.8. The molecule has 0 radical (unpaired) electrons. The van der Waals surface area contributed by atoms with E-state index < -0.39 is 0 Å². The van der Waals surface area contributed by atoms with Gasteiger partial charge >= 0.3 is 0 Å². The van der Waals surface area contributed by atoms with Crippen LogP contribution in [-0.2, 0) is 5.75 Å². The van der Waals surface area contributed by atoms with Crippen molar-refractivity contribution in [3.8, 4) is 11.1 Å². The zero-order valence-corrected chi connectivity index (χ0v) is 16.2. The number of fused-ring (bicyclic) bond motifs is 1. The number of hydrogen-bond donors (Lipinski definition) is 2. The molecule has 26 heavy (non-hydrogen) atoms. The van der Waals surface area contributed by atoms with E-state index in [0.29, 0.717) is 22.1 Å². The molecule has 0 aliphatic rings. The number of hydrogen-bond acceptors (Lipinski definition) is 6. The predicted octanol–water partition coefficient (Wildman–Crippen LogP) is 3.99. The molecular weight excluding hydrogens is 366 g/mol. The third-order valence-electron chi connectivity index (χ3n) is 4.04. The first-order valence-electron chi connectivity index (χ1n) is 8.12. The van der Waals surface area contributed by atoms with Crippen molar-refractivity contribution in [1.82, 2.24) is 25.1 Å². The topological polar surface area (TPSA) is 87.3 Å². The zero-order chi connectivity index (χ0) is 18.3. The summed E-state index contributed by atoms with van der Waals surface area (Å²) in [7, 11) is 0. The van der Waals surface area contributed by atoms with Gasteiger partial charge in [-0.3, -0.25) is 9.89 Å². The Balaban J connectivity index is 1.72. The Bertz CT molecular complexity index is 1140. The van der Waals surface area contributed by atoms with Crippen molar-refractivity contribution in [2.75, 3.05) is 0 Å². The van der Waals surface area contributed by atoms with E-state index in [1.54, 1.807) is 11.3 Å². The fourth-order valence-electron chi connectivity index (χ4n) is 2.82. The molecule has 3 aromatic heterocycles. The van der Waals surface area contributed by atoms with E-state index in [2.05, 4.69) is 56.3 Å². The van der Waals surface area contributed by atoms with Crippen molar-refractivity contribution in [2.45, 2.75) is 31.7 Å². The van der Waals surface area contributed by atoms with Gasteiger partial charge in [-0.05, 0) is 26.3 Å². The van der Waals surface area contributed by atoms with E-state index in [1.807, 2.05) is 13.8 Å². The van der Waals surface area contributed by atoms with E-state index >= 15 is 0 Å². The zero-order valence-electron chi connectivity index (χ0n) is 14.6. The van der Waals surface area contributed by atoms with Crippen molar-refractivity contribution in [3.05, 3.63) is 56.7 Å². The van der Waals surface area contributed by atoms with Crippen molar-refractivity contribution in [2.24, 2.45) is 0 Å². The molecule has 0 fully saturated rings. The van der Waals surface area contributed by atoms with Gasteiger partial charge in [0, 0.05) is 10.4 Å². The number of aryl methyl sites for hydroxylation is 3. The Labute approximate surface area is 158 Å². The molecule has 0 amide bonds. The van der Waals surface area contributed by atoms with Crippen LogP contribution in [0.2, 0.25) is 0 Å². The maximum Gasteiger partial charge on any atom is 0.260 e. The van der Waals surface area contributed by atoms with Crippen LogP contribution in [0.1, 0.15) is 22.1 Å². The van der Waals surface area contributed by atoms with Crippen LogP contribution >= 0.6 is 23.1 Å². The minimum absolute atomic E-state index is 0.100. The first-order chi connectivity index (χ1) is 12.5. The summed E-state index contributed by atoms with van der Waals surface area (Å²) >= 11 is 2.99. The van der Waals surface area contributed by atoms with Crippen LogP contribution in [0.4, 0.5) is 0 Å². The van der Waals surface area contributed by atoms with Crippen molar-refractivity contribution < 1.29 is 0 Å². The summed E-state index contributed by atoms with van der Waals surface area (Å²) in [5.74, 6) is 1.91. The minimum Gasteiger partial charge on any atom is -0.309 e. The van der Waals surface area contributed by atoms with Crippen LogP contribution in [0.15, 0.2) is 34.2 Å². The van der Waals surface area contributed by atoms with Gasteiger partial charge in [0.1, 0.15) is 16.5 Å². The monoisotopic (exact) mass is 383 g/mol. The highest BCUT2D eigenvalue weighted by Crippen LogP contribution is 2.35. The van der Waals surface area contributed by atoms with Crippen LogP contribution in [-0.4, -0.2) is 25.1 Å². The van der Waals surface area contributed by atoms with Crippen molar-refractivity contribution >= 4 is 33.3 Å². The number of nitrogens with zero attached hydrogens (tertiary/aromatic N) is 3. The van der Waals surface area contributed by atoms with Crippen LogP contribution < -0.4 is 5.56 Å². The molecule has 1 aromatic carbocycles. The molecule has 0 spiro atoms. The summed E-state index contributed by atoms with van der Waals surface area (Å²) in [5.41, 5.74) is 3.11. The largest absolute Gasteiger partial charge is 0.309 e. The van der Waals surface area contributed by atoms with Gasteiger partial charge in [0.2, 0.25) is 5.16 Å². The first-order valence-corrected chi connectivity index (χ1v) is 9.92. The van der Waals surface area contributed by atoms with E-state index in [0.717, 1.165) is 26.7 Å². The quantitative estimate of drug-likeness (QED) is 0.520. The molecule has 0 unspecified atom stereocenters. The Hall–Kier alpha value is -2.45. The number of H-pyrrole nitrogens is 2. The number of nitrogens with one attached hydrogen (secondary N) is 2. The van der Waals surface area contributed by atoms with Gasteiger partial charge in [-0.1, -0.05) is 41.6 Å². The standard InChI is InChI=1S/C18H17N5OS2/c1-9-4-6-12(7-5-9)14-10(2)26-17-15(14)16(24)20-13(21-17)8-25-18-19-11(3)22-23-18/h4-7H,8H2,1-3H3,(H,19,22,23)(H,20,21,24). The Kier molecular flexibility index (Phi) is 4.37. The number of aromatic nitrogens is 5. The molecule has 0 saturated heterocycles. The lowest BCUT2D eigenvalue weighted by molar-refractivity contribution is 0.963.